The summed E-state index contributed by atoms with van der Waals surface area (Å²) in [6, 6.07) is 17.4. The van der Waals surface area contributed by atoms with Crippen LogP contribution in [0.4, 0.5) is 5.69 Å². The Hall–Kier alpha value is -2.95. The summed E-state index contributed by atoms with van der Waals surface area (Å²) >= 11 is 0. The third-order valence-corrected chi connectivity index (χ3v) is 3.57. The summed E-state index contributed by atoms with van der Waals surface area (Å²) in [4.78, 5) is 34.3. The molecule has 5 heteroatoms. The molecule has 0 radical (unpaired) electrons. The molecule has 0 aliphatic carbocycles. The Morgan fingerprint density at radius 3 is 2.32 bits per heavy atom. The van der Waals surface area contributed by atoms with Gasteiger partial charge in [-0.2, -0.15) is 0 Å². The number of anilines is 1. The van der Waals surface area contributed by atoms with Crippen LogP contribution in [-0.4, -0.2) is 24.3 Å². The second kappa shape index (κ2) is 9.37. The molecule has 0 unspecified atom stereocenters. The number of ketones is 1. The zero-order valence-corrected chi connectivity index (χ0v) is 14.2. The molecule has 0 atom stereocenters. The van der Waals surface area contributed by atoms with Crippen molar-refractivity contribution in [1.82, 2.24) is 0 Å². The highest BCUT2D eigenvalue weighted by atomic mass is 16.5. The van der Waals surface area contributed by atoms with Crippen LogP contribution in [0.2, 0.25) is 0 Å². The number of para-hydroxylation sites is 1. The number of Topliss-reactive ketones (excluding diaryl/α,β-unsaturated/α-hetero) is 1. The van der Waals surface area contributed by atoms with Crippen LogP contribution in [-0.2, 0) is 25.5 Å². The van der Waals surface area contributed by atoms with E-state index in [1.165, 1.54) is 6.92 Å². The minimum Gasteiger partial charge on any atom is -0.456 e. The largest absolute Gasteiger partial charge is 0.456 e. The summed E-state index contributed by atoms with van der Waals surface area (Å²) in [5, 5.41) is 2.77. The first kappa shape index (κ1) is 18.4. The van der Waals surface area contributed by atoms with E-state index in [1.54, 1.807) is 0 Å². The number of benzene rings is 2. The molecule has 0 aromatic heterocycles. The molecule has 2 aromatic carbocycles. The van der Waals surface area contributed by atoms with Crippen LogP contribution in [0.5, 0.6) is 0 Å². The van der Waals surface area contributed by atoms with Crippen molar-refractivity contribution in [3.05, 3.63) is 65.7 Å². The number of hydrogen-bond acceptors (Lipinski definition) is 4. The lowest BCUT2D eigenvalue weighted by Gasteiger charge is -2.11. The molecule has 0 saturated carbocycles. The van der Waals surface area contributed by atoms with Crippen molar-refractivity contribution in [3.8, 4) is 0 Å². The maximum absolute atomic E-state index is 12.0. The molecule has 25 heavy (non-hydrogen) atoms. The molecular weight excluding hydrogens is 318 g/mol. The monoisotopic (exact) mass is 339 g/mol. The predicted molar refractivity (Wildman–Crippen MR) is 95.2 cm³/mol. The Morgan fingerprint density at radius 1 is 0.920 bits per heavy atom. The zero-order valence-electron chi connectivity index (χ0n) is 14.2. The number of ether oxygens (including phenoxy) is 1. The lowest BCUT2D eigenvalue weighted by Crippen LogP contribution is -2.21. The molecule has 130 valence electrons. The van der Waals surface area contributed by atoms with Gasteiger partial charge < -0.3 is 14.8 Å². The predicted octanol–water partition coefficient (Wildman–Crippen LogP) is 3.13. The van der Waals surface area contributed by atoms with E-state index in [2.05, 4.69) is 5.32 Å². The molecular formula is C20H21NO4. The van der Waals surface area contributed by atoms with Gasteiger partial charge >= 0.3 is 5.97 Å². The minimum absolute atomic E-state index is 0.00674. The van der Waals surface area contributed by atoms with Gasteiger partial charge in [-0.3, -0.25) is 9.59 Å². The Bertz CT molecular complexity index is 740. The third-order valence-electron chi connectivity index (χ3n) is 3.57. The Balaban J connectivity index is 1.90. The number of rotatable bonds is 8. The summed E-state index contributed by atoms with van der Waals surface area (Å²) in [5.41, 5.74) is 2.81. The second-order valence-corrected chi connectivity index (χ2v) is 5.73. The smallest absolute Gasteiger partial charge is 0.306 e. The van der Waals surface area contributed by atoms with Crippen LogP contribution >= 0.6 is 0 Å². The molecule has 0 spiro atoms. The zero-order chi connectivity index (χ0) is 18.1. The first-order chi connectivity index (χ1) is 12.0. The SMILES string of the molecule is CC(=O)CCC(=O)OCC(=O)Nc1ccccc1Cc1ccccc1. The molecule has 2 aromatic rings. The normalized spacial score (nSPS) is 10.1. The van der Waals surface area contributed by atoms with Gasteiger partial charge in [-0.25, -0.2) is 0 Å². The summed E-state index contributed by atoms with van der Waals surface area (Å²) in [5.74, 6) is -1.05. The van der Waals surface area contributed by atoms with Crippen LogP contribution < -0.4 is 5.32 Å². The fourth-order valence-corrected chi connectivity index (χ4v) is 2.29. The fourth-order valence-electron chi connectivity index (χ4n) is 2.29. The fraction of sp³-hybridized carbons (Fsp3) is 0.250. The minimum atomic E-state index is -0.553. The van der Waals surface area contributed by atoms with E-state index in [0.717, 1.165) is 11.1 Å². The van der Waals surface area contributed by atoms with Crippen molar-refractivity contribution in [3.63, 3.8) is 0 Å². The van der Waals surface area contributed by atoms with Crippen molar-refractivity contribution >= 4 is 23.3 Å². The van der Waals surface area contributed by atoms with E-state index in [0.29, 0.717) is 12.1 Å². The van der Waals surface area contributed by atoms with Gasteiger partial charge in [-0.15, -0.1) is 0 Å². The van der Waals surface area contributed by atoms with Crippen molar-refractivity contribution < 1.29 is 19.1 Å². The molecule has 0 aliphatic heterocycles. The molecule has 2 rings (SSSR count). The van der Waals surface area contributed by atoms with E-state index in [9.17, 15) is 14.4 Å². The van der Waals surface area contributed by atoms with Crippen molar-refractivity contribution in [2.75, 3.05) is 11.9 Å². The first-order valence-corrected chi connectivity index (χ1v) is 8.11. The van der Waals surface area contributed by atoms with Crippen LogP contribution in [0.3, 0.4) is 0 Å². The van der Waals surface area contributed by atoms with Gasteiger partial charge in [0, 0.05) is 12.1 Å². The van der Waals surface area contributed by atoms with Crippen molar-refractivity contribution in [1.29, 1.82) is 0 Å². The van der Waals surface area contributed by atoms with Crippen molar-refractivity contribution in [2.45, 2.75) is 26.2 Å². The number of carbonyl (C=O) groups is 3. The number of carbonyl (C=O) groups excluding carboxylic acids is 3. The van der Waals surface area contributed by atoms with Gasteiger partial charge in [0.15, 0.2) is 6.61 Å². The Kier molecular flexibility index (Phi) is 6.89. The number of nitrogens with one attached hydrogen (secondary N) is 1. The second-order valence-electron chi connectivity index (χ2n) is 5.73. The summed E-state index contributed by atoms with van der Waals surface area (Å²) in [7, 11) is 0. The summed E-state index contributed by atoms with van der Waals surface area (Å²) in [6.07, 6.45) is 0.809. The highest BCUT2D eigenvalue weighted by Gasteiger charge is 2.11. The quantitative estimate of drug-likeness (QED) is 0.750. The van der Waals surface area contributed by atoms with Gasteiger partial charge in [0.2, 0.25) is 0 Å². The Labute approximate surface area is 147 Å². The third kappa shape index (κ3) is 6.59. The first-order valence-electron chi connectivity index (χ1n) is 8.11. The highest BCUT2D eigenvalue weighted by molar-refractivity contribution is 5.93. The van der Waals surface area contributed by atoms with E-state index in [1.807, 2.05) is 54.6 Å². The van der Waals surface area contributed by atoms with E-state index in [4.69, 9.17) is 4.74 Å². The highest BCUT2D eigenvalue weighted by Crippen LogP contribution is 2.19. The molecule has 0 aliphatic rings. The lowest BCUT2D eigenvalue weighted by atomic mass is 10.0. The molecule has 0 heterocycles. The van der Waals surface area contributed by atoms with Gasteiger partial charge in [0.25, 0.3) is 5.91 Å². The number of amides is 1. The lowest BCUT2D eigenvalue weighted by molar-refractivity contribution is -0.148. The average Bonchev–Trinajstić information content (AvgIpc) is 2.61. The number of hydrogen-bond donors (Lipinski definition) is 1. The van der Waals surface area contributed by atoms with Crippen LogP contribution in [0.1, 0.15) is 30.9 Å². The Morgan fingerprint density at radius 2 is 1.60 bits per heavy atom. The van der Waals surface area contributed by atoms with Crippen LogP contribution in [0.25, 0.3) is 0 Å². The molecule has 0 fully saturated rings. The topological polar surface area (TPSA) is 72.5 Å². The summed E-state index contributed by atoms with van der Waals surface area (Å²) in [6.45, 7) is 1.04. The average molecular weight is 339 g/mol. The molecule has 0 saturated heterocycles. The van der Waals surface area contributed by atoms with Gasteiger partial charge in [-0.1, -0.05) is 48.5 Å². The maximum Gasteiger partial charge on any atom is 0.306 e. The van der Waals surface area contributed by atoms with E-state index in [-0.39, 0.29) is 25.2 Å². The van der Waals surface area contributed by atoms with Crippen molar-refractivity contribution in [2.24, 2.45) is 0 Å². The van der Waals surface area contributed by atoms with Crippen LogP contribution in [0, 0.1) is 0 Å². The maximum atomic E-state index is 12.0. The van der Waals surface area contributed by atoms with E-state index >= 15 is 0 Å². The molecule has 1 N–H and O–H groups in total. The van der Waals surface area contributed by atoms with Gasteiger partial charge in [0.05, 0.1) is 6.42 Å². The molecule has 0 bridgehead atoms. The summed E-state index contributed by atoms with van der Waals surface area (Å²) < 4.78 is 4.88. The number of esters is 1. The standard InChI is InChI=1S/C20H21NO4/c1-15(22)11-12-20(24)25-14-19(23)21-18-10-6-5-9-17(18)13-16-7-3-2-4-8-16/h2-10H,11-14H2,1H3,(H,21,23). The van der Waals surface area contributed by atoms with Gasteiger partial charge in [-0.05, 0) is 30.5 Å². The molecule has 1 amide bonds. The van der Waals surface area contributed by atoms with Crippen LogP contribution in [0.15, 0.2) is 54.6 Å². The molecule has 5 nitrogen and oxygen atoms in total. The van der Waals surface area contributed by atoms with Gasteiger partial charge in [0.1, 0.15) is 5.78 Å². The van der Waals surface area contributed by atoms with E-state index < -0.39 is 11.9 Å².